The fourth-order valence-electron chi connectivity index (χ4n) is 9.96. The van der Waals surface area contributed by atoms with E-state index in [1.165, 1.54) is 61.2 Å². The van der Waals surface area contributed by atoms with Gasteiger partial charge in [0, 0.05) is 16.7 Å². The van der Waals surface area contributed by atoms with Crippen LogP contribution in [0.3, 0.4) is 0 Å². The van der Waals surface area contributed by atoms with E-state index in [-0.39, 0.29) is 0 Å². The maximum Gasteiger partial charge on any atom is 0.164 e. The number of rotatable bonds is 6. The molecule has 63 heavy (non-hydrogen) atoms. The average Bonchev–Trinajstić information content (AvgIpc) is 3.83. The summed E-state index contributed by atoms with van der Waals surface area (Å²) in [7, 11) is 0. The van der Waals surface area contributed by atoms with Crippen molar-refractivity contribution in [2.24, 2.45) is 0 Å². The molecule has 1 spiro atoms. The molecule has 2 aliphatic carbocycles. The van der Waals surface area contributed by atoms with Gasteiger partial charge in [-0.2, -0.15) is 5.26 Å². The normalized spacial score (nSPS) is 12.6. The van der Waals surface area contributed by atoms with E-state index in [0.29, 0.717) is 23.0 Å². The summed E-state index contributed by atoms with van der Waals surface area (Å²) in [5, 5.41) is 9.41. The lowest BCUT2D eigenvalue weighted by molar-refractivity contribution is 0.794. The van der Waals surface area contributed by atoms with Gasteiger partial charge in [0.2, 0.25) is 0 Å². The first-order valence-electron chi connectivity index (χ1n) is 21.2. The van der Waals surface area contributed by atoms with E-state index < -0.39 is 5.41 Å². The van der Waals surface area contributed by atoms with E-state index in [4.69, 9.17) is 15.0 Å². The van der Waals surface area contributed by atoms with E-state index in [9.17, 15) is 5.26 Å². The summed E-state index contributed by atoms with van der Waals surface area (Å²) in [4.78, 5) is 14.8. The van der Waals surface area contributed by atoms with Crippen LogP contribution in [0.25, 0.3) is 89.8 Å². The summed E-state index contributed by atoms with van der Waals surface area (Å²) >= 11 is 0. The predicted molar refractivity (Wildman–Crippen MR) is 253 cm³/mol. The Hall–Kier alpha value is -8.52. The summed E-state index contributed by atoms with van der Waals surface area (Å²) in [6, 6.07) is 79.6. The number of fused-ring (bicyclic) bond motifs is 10. The Morgan fingerprint density at radius 2 is 0.698 bits per heavy atom. The van der Waals surface area contributed by atoms with Gasteiger partial charge in [0.05, 0.1) is 17.0 Å². The van der Waals surface area contributed by atoms with Crippen LogP contribution in [0.5, 0.6) is 0 Å². The Labute approximate surface area is 366 Å². The van der Waals surface area contributed by atoms with Crippen molar-refractivity contribution in [2.45, 2.75) is 5.41 Å². The molecule has 0 bridgehead atoms. The molecule has 1 aromatic heterocycles. The molecule has 0 saturated heterocycles. The van der Waals surface area contributed by atoms with E-state index in [2.05, 4.69) is 164 Å². The Bertz CT molecular complexity index is 3390. The number of hydrogen-bond donors (Lipinski definition) is 0. The quantitative estimate of drug-likeness (QED) is 0.168. The standard InChI is InChI=1S/C59H36N4/c60-37-38-26-28-43(29-27-38)57-61-56(42-16-5-2-6-17-42)62-58(63-57)45-19-13-18-44(34-45)39-30-32-41(33-31-39)50-36-55-51(35-49(50)40-14-3-1-4-15-40)48-22-9-12-25-54(48)59(55)52-23-10-7-20-46(52)47-21-8-11-24-53(47)59/h1-36H. The van der Waals surface area contributed by atoms with Gasteiger partial charge in [0.25, 0.3) is 0 Å². The van der Waals surface area contributed by atoms with Gasteiger partial charge in [-0.25, -0.2) is 15.0 Å². The molecule has 0 radical (unpaired) electrons. The van der Waals surface area contributed by atoms with Crippen molar-refractivity contribution in [1.29, 1.82) is 5.26 Å². The van der Waals surface area contributed by atoms with Crippen LogP contribution < -0.4 is 0 Å². The van der Waals surface area contributed by atoms with Gasteiger partial charge in [0.15, 0.2) is 17.5 Å². The molecule has 0 atom stereocenters. The van der Waals surface area contributed by atoms with Gasteiger partial charge in [-0.3, -0.25) is 0 Å². The van der Waals surface area contributed by atoms with Crippen LogP contribution in [0.15, 0.2) is 218 Å². The first-order valence-corrected chi connectivity index (χ1v) is 21.2. The fourth-order valence-corrected chi connectivity index (χ4v) is 9.96. The lowest BCUT2D eigenvalue weighted by Gasteiger charge is -2.31. The van der Waals surface area contributed by atoms with Gasteiger partial charge in [-0.1, -0.05) is 176 Å². The Kier molecular flexibility index (Phi) is 8.42. The van der Waals surface area contributed by atoms with Crippen molar-refractivity contribution in [3.05, 3.63) is 246 Å². The zero-order valence-corrected chi connectivity index (χ0v) is 34.1. The summed E-state index contributed by atoms with van der Waals surface area (Å²) in [5.74, 6) is 1.72. The molecule has 0 aliphatic heterocycles. The third-order valence-electron chi connectivity index (χ3n) is 12.8. The molecule has 0 fully saturated rings. The molecular weight excluding hydrogens is 765 g/mol. The maximum atomic E-state index is 9.41. The Balaban J connectivity index is 0.985. The number of aromatic nitrogens is 3. The van der Waals surface area contributed by atoms with Gasteiger partial charge in [-0.15, -0.1) is 0 Å². The Morgan fingerprint density at radius 3 is 1.29 bits per heavy atom. The van der Waals surface area contributed by atoms with Gasteiger partial charge in [-0.05, 0) is 120 Å². The minimum Gasteiger partial charge on any atom is -0.208 e. The molecule has 0 amide bonds. The molecular formula is C59H36N4. The molecule has 0 saturated carbocycles. The second-order valence-electron chi connectivity index (χ2n) is 16.2. The summed E-state index contributed by atoms with van der Waals surface area (Å²) in [6.45, 7) is 0. The molecule has 12 rings (SSSR count). The number of benzene rings is 9. The minimum atomic E-state index is -0.432. The SMILES string of the molecule is N#Cc1ccc(-c2nc(-c3ccccc3)nc(-c3cccc(-c4ccc(-c5cc6c(cc5-c5ccccc5)-c5ccccc5C65c6ccccc6-c6ccccc65)cc4)c3)n2)cc1. The van der Waals surface area contributed by atoms with Crippen molar-refractivity contribution >= 4 is 0 Å². The summed E-state index contributed by atoms with van der Waals surface area (Å²) in [5.41, 5.74) is 20.2. The van der Waals surface area contributed by atoms with E-state index in [1.807, 2.05) is 48.5 Å². The topological polar surface area (TPSA) is 62.5 Å². The first kappa shape index (κ1) is 36.3. The van der Waals surface area contributed by atoms with Crippen molar-refractivity contribution in [1.82, 2.24) is 15.0 Å². The zero-order valence-electron chi connectivity index (χ0n) is 34.1. The molecule has 10 aromatic rings. The second-order valence-corrected chi connectivity index (χ2v) is 16.2. The van der Waals surface area contributed by atoms with Crippen LogP contribution in [0.1, 0.15) is 27.8 Å². The van der Waals surface area contributed by atoms with Crippen LogP contribution >= 0.6 is 0 Å². The number of nitrogens with zero attached hydrogens (tertiary/aromatic N) is 4. The molecule has 0 N–H and O–H groups in total. The minimum absolute atomic E-state index is 0.432. The van der Waals surface area contributed by atoms with Crippen LogP contribution in [0.2, 0.25) is 0 Å². The van der Waals surface area contributed by atoms with Crippen LogP contribution in [-0.2, 0) is 5.41 Å². The van der Waals surface area contributed by atoms with Crippen molar-refractivity contribution < 1.29 is 0 Å². The highest BCUT2D eigenvalue weighted by Crippen LogP contribution is 2.63. The Morgan fingerprint density at radius 1 is 0.286 bits per heavy atom. The van der Waals surface area contributed by atoms with Crippen molar-refractivity contribution in [3.8, 4) is 95.9 Å². The highest BCUT2D eigenvalue weighted by atomic mass is 15.0. The molecule has 2 aliphatic rings. The van der Waals surface area contributed by atoms with Crippen molar-refractivity contribution in [3.63, 3.8) is 0 Å². The van der Waals surface area contributed by atoms with E-state index >= 15 is 0 Å². The van der Waals surface area contributed by atoms with Crippen molar-refractivity contribution in [2.75, 3.05) is 0 Å². The van der Waals surface area contributed by atoms with E-state index in [0.717, 1.165) is 33.4 Å². The monoisotopic (exact) mass is 800 g/mol. The molecule has 292 valence electrons. The molecule has 9 aromatic carbocycles. The smallest absolute Gasteiger partial charge is 0.164 e. The largest absolute Gasteiger partial charge is 0.208 e. The van der Waals surface area contributed by atoms with Crippen LogP contribution in [-0.4, -0.2) is 15.0 Å². The lowest BCUT2D eigenvalue weighted by Crippen LogP contribution is -2.25. The lowest BCUT2D eigenvalue weighted by atomic mass is 9.70. The third kappa shape index (κ3) is 5.79. The highest BCUT2D eigenvalue weighted by molar-refractivity contribution is 5.99. The first-order chi connectivity index (χ1) is 31.2. The third-order valence-corrected chi connectivity index (χ3v) is 12.8. The zero-order chi connectivity index (χ0) is 41.9. The molecule has 4 heteroatoms. The summed E-state index contributed by atoms with van der Waals surface area (Å²) < 4.78 is 0. The molecule has 4 nitrogen and oxygen atoms in total. The number of hydrogen-bond acceptors (Lipinski definition) is 4. The fraction of sp³-hybridized carbons (Fsp3) is 0.0169. The average molecular weight is 801 g/mol. The maximum absolute atomic E-state index is 9.41. The van der Waals surface area contributed by atoms with Crippen LogP contribution in [0.4, 0.5) is 0 Å². The number of nitriles is 1. The highest BCUT2D eigenvalue weighted by Gasteiger charge is 2.51. The predicted octanol–water partition coefficient (Wildman–Crippen LogP) is 14.1. The molecule has 1 heterocycles. The second kappa shape index (κ2) is 14.6. The summed E-state index contributed by atoms with van der Waals surface area (Å²) in [6.07, 6.45) is 0. The molecule has 0 unspecified atom stereocenters. The van der Waals surface area contributed by atoms with Gasteiger partial charge in [0.1, 0.15) is 0 Å². The van der Waals surface area contributed by atoms with Gasteiger partial charge >= 0.3 is 0 Å². The van der Waals surface area contributed by atoms with E-state index in [1.54, 1.807) is 12.1 Å². The van der Waals surface area contributed by atoms with Crippen LogP contribution in [0, 0.1) is 11.3 Å². The van der Waals surface area contributed by atoms with Gasteiger partial charge < -0.3 is 0 Å².